The molecule has 0 spiro atoms. The van der Waals surface area contributed by atoms with Crippen molar-refractivity contribution < 1.29 is 4.39 Å². The van der Waals surface area contributed by atoms with Crippen LogP contribution in [0.1, 0.15) is 30.2 Å². The van der Waals surface area contributed by atoms with Crippen LogP contribution in [0.2, 0.25) is 0 Å². The van der Waals surface area contributed by atoms with Crippen molar-refractivity contribution in [2.45, 2.75) is 38.6 Å². The summed E-state index contributed by atoms with van der Waals surface area (Å²) in [5.41, 5.74) is 1.08. The van der Waals surface area contributed by atoms with Crippen molar-refractivity contribution in [1.82, 2.24) is 5.32 Å². The van der Waals surface area contributed by atoms with Crippen molar-refractivity contribution in [2.24, 2.45) is 0 Å². The average Bonchev–Trinajstić information content (AvgIpc) is 2.92. The van der Waals surface area contributed by atoms with Crippen LogP contribution in [-0.2, 0) is 12.8 Å². The van der Waals surface area contributed by atoms with Crippen molar-refractivity contribution in [2.75, 3.05) is 6.54 Å². The second-order valence-electron chi connectivity index (χ2n) is 5.06. The molecule has 0 aliphatic heterocycles. The topological polar surface area (TPSA) is 12.0 Å². The molecule has 0 amide bonds. The Morgan fingerprint density at radius 3 is 2.85 bits per heavy atom. The fraction of sp³-hybridized carbons (Fsp3) is 0.412. The molecule has 0 bridgehead atoms. The van der Waals surface area contributed by atoms with E-state index in [1.165, 1.54) is 17.4 Å². The molecule has 2 aromatic rings. The maximum atomic E-state index is 13.2. The minimum absolute atomic E-state index is 0.142. The van der Waals surface area contributed by atoms with Gasteiger partial charge in [-0.05, 0) is 61.4 Å². The molecule has 2 rings (SSSR count). The third-order valence-corrected chi connectivity index (χ3v) is 4.36. The summed E-state index contributed by atoms with van der Waals surface area (Å²) < 4.78 is 13.2. The van der Waals surface area contributed by atoms with Gasteiger partial charge in [0.1, 0.15) is 5.82 Å². The molecule has 108 valence electrons. The number of benzene rings is 1. The van der Waals surface area contributed by atoms with Crippen molar-refractivity contribution in [3.05, 3.63) is 58.0 Å². The van der Waals surface area contributed by atoms with Crippen molar-refractivity contribution in [3.8, 4) is 0 Å². The number of likely N-dealkylation sites (N-methyl/N-ethyl adjacent to an activating group) is 1. The highest BCUT2D eigenvalue weighted by atomic mass is 32.1. The van der Waals surface area contributed by atoms with Gasteiger partial charge in [0.2, 0.25) is 0 Å². The Bertz CT molecular complexity index is 495. The molecule has 1 unspecified atom stereocenters. The van der Waals surface area contributed by atoms with Gasteiger partial charge in [-0.25, -0.2) is 4.39 Å². The van der Waals surface area contributed by atoms with Gasteiger partial charge in [-0.2, -0.15) is 0 Å². The molecule has 0 aliphatic carbocycles. The number of rotatable bonds is 8. The highest BCUT2D eigenvalue weighted by Crippen LogP contribution is 2.15. The zero-order valence-corrected chi connectivity index (χ0v) is 12.8. The molecule has 0 radical (unpaired) electrons. The molecule has 1 atom stereocenters. The van der Waals surface area contributed by atoms with Gasteiger partial charge in [-0.3, -0.25) is 0 Å². The molecule has 1 nitrogen and oxygen atoms in total. The maximum absolute atomic E-state index is 13.2. The van der Waals surface area contributed by atoms with Crippen LogP contribution in [0.3, 0.4) is 0 Å². The summed E-state index contributed by atoms with van der Waals surface area (Å²) in [5.74, 6) is -0.142. The van der Waals surface area contributed by atoms with E-state index in [0.29, 0.717) is 6.04 Å². The number of halogens is 1. The standard InChI is InChI=1S/C17H22FNS/c1-2-19-16(8-4-9-17-10-5-11-20-17)13-14-6-3-7-15(18)12-14/h3,5-7,10-12,16,19H,2,4,8-9,13H2,1H3. The number of hydrogen-bond acceptors (Lipinski definition) is 2. The van der Waals surface area contributed by atoms with E-state index < -0.39 is 0 Å². The highest BCUT2D eigenvalue weighted by Gasteiger charge is 2.09. The second-order valence-corrected chi connectivity index (χ2v) is 6.09. The molecule has 0 saturated carbocycles. The van der Waals surface area contributed by atoms with Gasteiger partial charge in [0.15, 0.2) is 0 Å². The van der Waals surface area contributed by atoms with E-state index in [9.17, 15) is 4.39 Å². The summed E-state index contributed by atoms with van der Waals surface area (Å²) in [5, 5.41) is 5.64. The summed E-state index contributed by atoms with van der Waals surface area (Å²) in [7, 11) is 0. The molecular formula is C17H22FNS. The maximum Gasteiger partial charge on any atom is 0.123 e. The summed E-state index contributed by atoms with van der Waals surface area (Å²) in [4.78, 5) is 1.45. The highest BCUT2D eigenvalue weighted by molar-refractivity contribution is 7.09. The third-order valence-electron chi connectivity index (χ3n) is 3.42. The molecule has 0 saturated heterocycles. The van der Waals surface area contributed by atoms with Gasteiger partial charge >= 0.3 is 0 Å². The summed E-state index contributed by atoms with van der Waals surface area (Å²) in [6.07, 6.45) is 4.34. The van der Waals surface area contributed by atoms with Gasteiger partial charge in [0.05, 0.1) is 0 Å². The predicted molar refractivity (Wildman–Crippen MR) is 84.8 cm³/mol. The summed E-state index contributed by atoms with van der Waals surface area (Å²) in [6.45, 7) is 3.08. The molecule has 1 N–H and O–H groups in total. The normalized spacial score (nSPS) is 12.5. The molecule has 3 heteroatoms. The Hall–Kier alpha value is -1.19. The van der Waals surface area contributed by atoms with E-state index in [4.69, 9.17) is 0 Å². The zero-order valence-electron chi connectivity index (χ0n) is 11.9. The Morgan fingerprint density at radius 2 is 2.15 bits per heavy atom. The monoisotopic (exact) mass is 291 g/mol. The van der Waals surface area contributed by atoms with E-state index in [-0.39, 0.29) is 5.82 Å². The lowest BCUT2D eigenvalue weighted by Crippen LogP contribution is -2.31. The van der Waals surface area contributed by atoms with Gasteiger partial charge in [0.25, 0.3) is 0 Å². The van der Waals surface area contributed by atoms with Crippen molar-refractivity contribution >= 4 is 11.3 Å². The molecule has 1 aromatic carbocycles. The molecule has 0 aliphatic rings. The molecule has 0 fully saturated rings. The number of hydrogen-bond donors (Lipinski definition) is 1. The van der Waals surface area contributed by atoms with Crippen LogP contribution in [0.4, 0.5) is 4.39 Å². The smallest absolute Gasteiger partial charge is 0.123 e. The van der Waals surface area contributed by atoms with Gasteiger partial charge in [-0.15, -0.1) is 11.3 Å². The number of nitrogens with one attached hydrogen (secondary N) is 1. The third kappa shape index (κ3) is 5.06. The van der Waals surface area contributed by atoms with Gasteiger partial charge < -0.3 is 5.32 Å². The van der Waals surface area contributed by atoms with Crippen LogP contribution in [0.5, 0.6) is 0 Å². The lowest BCUT2D eigenvalue weighted by molar-refractivity contribution is 0.476. The van der Waals surface area contributed by atoms with E-state index in [1.54, 1.807) is 12.1 Å². The summed E-state index contributed by atoms with van der Waals surface area (Å²) in [6, 6.07) is 11.7. The van der Waals surface area contributed by atoms with E-state index in [1.807, 2.05) is 17.4 Å². The quantitative estimate of drug-likeness (QED) is 0.758. The largest absolute Gasteiger partial charge is 0.314 e. The number of thiophene rings is 1. The Labute approximate surface area is 124 Å². The molecule has 1 heterocycles. The first-order valence-electron chi connectivity index (χ1n) is 7.28. The first kappa shape index (κ1) is 15.2. The SMILES string of the molecule is CCNC(CCCc1cccs1)Cc1cccc(F)c1. The van der Waals surface area contributed by atoms with E-state index >= 15 is 0 Å². The average molecular weight is 291 g/mol. The van der Waals surface area contributed by atoms with Crippen LogP contribution < -0.4 is 5.32 Å². The molecule has 20 heavy (non-hydrogen) atoms. The molecular weight excluding hydrogens is 269 g/mol. The Morgan fingerprint density at radius 1 is 1.25 bits per heavy atom. The van der Waals surface area contributed by atoms with Gasteiger partial charge in [-0.1, -0.05) is 25.1 Å². The van der Waals surface area contributed by atoms with Crippen molar-refractivity contribution in [3.63, 3.8) is 0 Å². The fourth-order valence-electron chi connectivity index (χ4n) is 2.49. The lowest BCUT2D eigenvalue weighted by Gasteiger charge is -2.18. The Kier molecular flexibility index (Phi) is 6.22. The number of aryl methyl sites for hydroxylation is 1. The van der Waals surface area contributed by atoms with Crippen LogP contribution in [0.15, 0.2) is 41.8 Å². The lowest BCUT2D eigenvalue weighted by atomic mass is 10.0. The van der Waals surface area contributed by atoms with Crippen LogP contribution in [0, 0.1) is 5.82 Å². The van der Waals surface area contributed by atoms with Gasteiger partial charge in [0, 0.05) is 10.9 Å². The second kappa shape index (κ2) is 8.18. The first-order valence-corrected chi connectivity index (χ1v) is 8.16. The van der Waals surface area contributed by atoms with Crippen molar-refractivity contribution in [1.29, 1.82) is 0 Å². The first-order chi connectivity index (χ1) is 9.78. The Balaban J connectivity index is 1.83. The zero-order chi connectivity index (χ0) is 14.2. The molecule has 1 aromatic heterocycles. The fourth-order valence-corrected chi connectivity index (χ4v) is 3.24. The summed E-state index contributed by atoms with van der Waals surface area (Å²) >= 11 is 1.82. The predicted octanol–water partition coefficient (Wildman–Crippen LogP) is 4.43. The van der Waals surface area contributed by atoms with Crippen LogP contribution in [0.25, 0.3) is 0 Å². The minimum atomic E-state index is -0.142. The van der Waals surface area contributed by atoms with Crippen LogP contribution >= 0.6 is 11.3 Å². The minimum Gasteiger partial charge on any atom is -0.314 e. The van der Waals surface area contributed by atoms with E-state index in [2.05, 4.69) is 29.8 Å². The van der Waals surface area contributed by atoms with Crippen LogP contribution in [-0.4, -0.2) is 12.6 Å². The van der Waals surface area contributed by atoms with E-state index in [0.717, 1.165) is 31.4 Å².